The van der Waals surface area contributed by atoms with Crippen LogP contribution in [0.25, 0.3) is 5.69 Å². The molecule has 0 aliphatic carbocycles. The Bertz CT molecular complexity index is 1050. The number of phenolic OH excluding ortho intramolecular Hbond substituents is 1. The fourth-order valence-corrected chi connectivity index (χ4v) is 3.72. The van der Waals surface area contributed by atoms with Gasteiger partial charge >= 0.3 is 0 Å². The molecule has 5 rings (SSSR count). The lowest BCUT2D eigenvalue weighted by molar-refractivity contribution is 0.0995. The molecule has 0 bridgehead atoms. The van der Waals surface area contributed by atoms with E-state index >= 15 is 0 Å². The summed E-state index contributed by atoms with van der Waals surface area (Å²) in [6, 6.07) is 10.5. The van der Waals surface area contributed by atoms with Crippen molar-refractivity contribution in [1.82, 2.24) is 14.8 Å². The Balaban J connectivity index is 1.38. The lowest BCUT2D eigenvalue weighted by Crippen LogP contribution is -2.24. The summed E-state index contributed by atoms with van der Waals surface area (Å²) < 4.78 is 15.0. The van der Waals surface area contributed by atoms with Crippen molar-refractivity contribution in [3.63, 3.8) is 0 Å². The van der Waals surface area contributed by atoms with Gasteiger partial charge in [0.25, 0.3) is 5.91 Å². The number of benzene rings is 1. The van der Waals surface area contributed by atoms with Crippen LogP contribution in [0.4, 0.5) is 15.9 Å². The third-order valence-corrected chi connectivity index (χ3v) is 5.20. The van der Waals surface area contributed by atoms with E-state index in [1.807, 2.05) is 17.0 Å². The molecule has 0 radical (unpaired) electrons. The Morgan fingerprint density at radius 2 is 2.04 bits per heavy atom. The molecule has 1 N–H and O–H groups in total. The summed E-state index contributed by atoms with van der Waals surface area (Å²) in [6.45, 7) is 1.34. The van der Waals surface area contributed by atoms with E-state index in [-0.39, 0.29) is 11.7 Å². The first-order valence-corrected chi connectivity index (χ1v) is 9.14. The molecule has 0 unspecified atom stereocenters. The average molecular weight is 379 g/mol. The molecule has 8 heteroatoms. The summed E-state index contributed by atoms with van der Waals surface area (Å²) in [7, 11) is 0. The number of nitrogens with zero attached hydrogens (tertiary/aromatic N) is 5. The lowest BCUT2D eigenvalue weighted by atomic mass is 10.2. The number of fused-ring (bicyclic) bond motifs is 1. The summed E-state index contributed by atoms with van der Waals surface area (Å²) in [5.41, 5.74) is 2.36. The van der Waals surface area contributed by atoms with Crippen LogP contribution < -0.4 is 9.80 Å². The second-order valence-electron chi connectivity index (χ2n) is 7.02. The lowest BCUT2D eigenvalue weighted by Gasteiger charge is -2.17. The quantitative estimate of drug-likeness (QED) is 0.757. The predicted octanol–water partition coefficient (Wildman–Crippen LogP) is 2.68. The standard InChI is InChI=1S/C20H18FN5O2/c21-13-7-8-24(10-13)19-6-5-14(9-22-19)26-11-15-16(23-26)12-25(20(15)28)17-3-1-2-4-18(17)27/h1-6,9,11,13,27H,7-8,10,12H2/t13-/m0/s1. The summed E-state index contributed by atoms with van der Waals surface area (Å²) in [5.74, 6) is 0.606. The fourth-order valence-electron chi connectivity index (χ4n) is 3.72. The van der Waals surface area contributed by atoms with Crippen LogP contribution in [-0.4, -0.2) is 45.0 Å². The van der Waals surface area contributed by atoms with Crippen LogP contribution >= 0.6 is 0 Å². The molecule has 2 aliphatic rings. The maximum atomic E-state index is 13.4. The second-order valence-corrected chi connectivity index (χ2v) is 7.02. The van der Waals surface area contributed by atoms with Crippen LogP contribution in [0.3, 0.4) is 0 Å². The summed E-state index contributed by atoms with van der Waals surface area (Å²) in [4.78, 5) is 20.6. The number of amides is 1. The van der Waals surface area contributed by atoms with Crippen molar-refractivity contribution in [1.29, 1.82) is 0 Å². The Morgan fingerprint density at radius 1 is 1.18 bits per heavy atom. The van der Waals surface area contributed by atoms with Gasteiger partial charge in [-0.1, -0.05) is 12.1 Å². The Kier molecular flexibility index (Phi) is 3.78. The van der Waals surface area contributed by atoms with Gasteiger partial charge in [0.15, 0.2) is 0 Å². The number of aromatic nitrogens is 3. The van der Waals surface area contributed by atoms with Crippen LogP contribution in [0.5, 0.6) is 5.75 Å². The van der Waals surface area contributed by atoms with Crippen molar-refractivity contribution in [3.8, 4) is 11.4 Å². The monoisotopic (exact) mass is 379 g/mol. The number of alkyl halides is 1. The molecule has 142 valence electrons. The maximum Gasteiger partial charge on any atom is 0.262 e. The van der Waals surface area contributed by atoms with Crippen molar-refractivity contribution in [2.24, 2.45) is 0 Å². The molecular formula is C20H18FN5O2. The zero-order valence-corrected chi connectivity index (χ0v) is 15.0. The fraction of sp³-hybridized carbons (Fsp3) is 0.250. The van der Waals surface area contributed by atoms with Crippen molar-refractivity contribution >= 4 is 17.4 Å². The van der Waals surface area contributed by atoms with Crippen molar-refractivity contribution in [2.45, 2.75) is 19.1 Å². The number of aromatic hydroxyl groups is 1. The number of anilines is 2. The van der Waals surface area contributed by atoms with E-state index in [0.717, 1.165) is 11.5 Å². The van der Waals surface area contributed by atoms with Gasteiger partial charge in [-0.15, -0.1) is 0 Å². The molecule has 0 spiro atoms. The number of hydrogen-bond acceptors (Lipinski definition) is 5. The van der Waals surface area contributed by atoms with Gasteiger partial charge in [-0.3, -0.25) is 9.69 Å². The van der Waals surface area contributed by atoms with Gasteiger partial charge in [-0.05, 0) is 30.7 Å². The highest BCUT2D eigenvalue weighted by molar-refractivity contribution is 6.10. The predicted molar refractivity (Wildman–Crippen MR) is 102 cm³/mol. The third kappa shape index (κ3) is 2.69. The highest BCUT2D eigenvalue weighted by Gasteiger charge is 2.33. The largest absolute Gasteiger partial charge is 0.506 e. The van der Waals surface area contributed by atoms with Crippen molar-refractivity contribution in [3.05, 3.63) is 60.0 Å². The zero-order valence-electron chi connectivity index (χ0n) is 15.0. The molecule has 1 aromatic carbocycles. The number of halogens is 1. The first kappa shape index (κ1) is 16.7. The average Bonchev–Trinajstić information content (AvgIpc) is 3.39. The number of pyridine rings is 1. The van der Waals surface area contributed by atoms with Crippen LogP contribution in [0.1, 0.15) is 22.5 Å². The second kappa shape index (κ2) is 6.33. The molecule has 1 fully saturated rings. The number of rotatable bonds is 3. The van der Waals surface area contributed by atoms with E-state index in [1.54, 1.807) is 41.3 Å². The Hall–Kier alpha value is -3.42. The van der Waals surface area contributed by atoms with E-state index in [1.165, 1.54) is 4.90 Å². The van der Waals surface area contributed by atoms with Crippen LogP contribution in [0.15, 0.2) is 48.8 Å². The molecular weight excluding hydrogens is 361 g/mol. The molecule has 0 saturated carbocycles. The molecule has 4 heterocycles. The highest BCUT2D eigenvalue weighted by atomic mass is 19.1. The Labute approximate surface area is 160 Å². The van der Waals surface area contributed by atoms with Crippen LogP contribution in [0, 0.1) is 0 Å². The Morgan fingerprint density at radius 3 is 2.71 bits per heavy atom. The minimum absolute atomic E-state index is 0.0612. The van der Waals surface area contributed by atoms with Crippen LogP contribution in [-0.2, 0) is 6.54 Å². The number of carbonyl (C=O) groups is 1. The van der Waals surface area contributed by atoms with E-state index < -0.39 is 6.17 Å². The first-order chi connectivity index (χ1) is 13.6. The molecule has 7 nitrogen and oxygen atoms in total. The van der Waals surface area contributed by atoms with Gasteiger partial charge < -0.3 is 10.0 Å². The van der Waals surface area contributed by atoms with Gasteiger partial charge in [0, 0.05) is 12.7 Å². The minimum Gasteiger partial charge on any atom is -0.506 e. The zero-order chi connectivity index (χ0) is 19.3. The SMILES string of the molecule is O=C1c2cn(-c3ccc(N4CC[C@H](F)C4)nc3)nc2CN1c1ccccc1O. The van der Waals surface area contributed by atoms with Crippen molar-refractivity contribution < 1.29 is 14.3 Å². The molecule has 2 aromatic heterocycles. The van der Waals surface area contributed by atoms with Gasteiger partial charge in [0.05, 0.1) is 41.9 Å². The first-order valence-electron chi connectivity index (χ1n) is 9.14. The van der Waals surface area contributed by atoms with E-state index in [2.05, 4.69) is 10.1 Å². The number of carbonyl (C=O) groups excluding carboxylic acids is 1. The number of para-hydroxylation sites is 2. The van der Waals surface area contributed by atoms with Gasteiger partial charge in [0.1, 0.15) is 17.7 Å². The summed E-state index contributed by atoms with van der Waals surface area (Å²) in [6.07, 6.45) is 3.09. The number of phenols is 1. The summed E-state index contributed by atoms with van der Waals surface area (Å²) >= 11 is 0. The van der Waals surface area contributed by atoms with E-state index in [0.29, 0.717) is 43.0 Å². The minimum atomic E-state index is -0.798. The van der Waals surface area contributed by atoms with E-state index in [4.69, 9.17) is 0 Å². The van der Waals surface area contributed by atoms with Crippen LogP contribution in [0.2, 0.25) is 0 Å². The van der Waals surface area contributed by atoms with Crippen molar-refractivity contribution in [2.75, 3.05) is 22.9 Å². The maximum absolute atomic E-state index is 13.4. The third-order valence-electron chi connectivity index (χ3n) is 5.20. The van der Waals surface area contributed by atoms with Gasteiger partial charge in [-0.2, -0.15) is 5.10 Å². The normalized spacial score (nSPS) is 18.8. The topological polar surface area (TPSA) is 74.5 Å². The summed E-state index contributed by atoms with van der Waals surface area (Å²) in [5, 5.41) is 14.5. The molecule has 1 atom stereocenters. The van der Waals surface area contributed by atoms with Gasteiger partial charge in [-0.25, -0.2) is 14.1 Å². The van der Waals surface area contributed by atoms with Gasteiger partial charge in [0.2, 0.25) is 0 Å². The molecule has 2 aliphatic heterocycles. The molecule has 1 saturated heterocycles. The highest BCUT2D eigenvalue weighted by Crippen LogP contribution is 2.33. The smallest absolute Gasteiger partial charge is 0.262 e. The number of hydrogen-bond donors (Lipinski definition) is 1. The molecule has 3 aromatic rings. The molecule has 1 amide bonds. The molecule has 28 heavy (non-hydrogen) atoms. The van der Waals surface area contributed by atoms with E-state index in [9.17, 15) is 14.3 Å².